The Hall–Kier alpha value is -0.370. The fraction of sp³-hybridized carbons (Fsp3) is 0.900. The lowest BCUT2D eigenvalue weighted by Gasteiger charge is -2.33. The molecule has 0 bridgehead atoms. The van der Waals surface area contributed by atoms with Gasteiger partial charge in [0.2, 0.25) is 0 Å². The van der Waals surface area contributed by atoms with Crippen LogP contribution in [0.25, 0.3) is 0 Å². The van der Waals surface area contributed by atoms with Crippen molar-refractivity contribution in [2.45, 2.75) is 39.2 Å². The molecule has 3 atom stereocenters. The SMILES string of the molecule is CN[C@@H]1CC[C@@H](C)C[C@H]1C(C)=O. The second-order valence-corrected chi connectivity index (χ2v) is 4.03. The van der Waals surface area contributed by atoms with Gasteiger partial charge in [0.1, 0.15) is 5.78 Å². The van der Waals surface area contributed by atoms with E-state index in [2.05, 4.69) is 12.2 Å². The van der Waals surface area contributed by atoms with Gasteiger partial charge in [0.25, 0.3) is 0 Å². The number of nitrogens with one attached hydrogen (secondary N) is 1. The van der Waals surface area contributed by atoms with Crippen LogP contribution in [-0.4, -0.2) is 18.9 Å². The molecule has 1 aliphatic carbocycles. The van der Waals surface area contributed by atoms with E-state index in [0.29, 0.717) is 11.8 Å². The summed E-state index contributed by atoms with van der Waals surface area (Å²) in [5.41, 5.74) is 0. The number of rotatable bonds is 2. The average molecular weight is 169 g/mol. The van der Waals surface area contributed by atoms with Crippen LogP contribution in [0.5, 0.6) is 0 Å². The molecule has 0 spiro atoms. The van der Waals surface area contributed by atoms with Gasteiger partial charge in [0.05, 0.1) is 0 Å². The van der Waals surface area contributed by atoms with E-state index in [9.17, 15) is 4.79 Å². The molecule has 1 saturated carbocycles. The lowest BCUT2D eigenvalue weighted by atomic mass is 9.77. The van der Waals surface area contributed by atoms with E-state index >= 15 is 0 Å². The molecule has 1 fully saturated rings. The highest BCUT2D eigenvalue weighted by Gasteiger charge is 2.30. The highest BCUT2D eigenvalue weighted by molar-refractivity contribution is 5.79. The lowest BCUT2D eigenvalue weighted by Crippen LogP contribution is -2.41. The van der Waals surface area contributed by atoms with Crippen LogP contribution < -0.4 is 5.32 Å². The molecule has 0 heterocycles. The van der Waals surface area contributed by atoms with E-state index < -0.39 is 0 Å². The maximum Gasteiger partial charge on any atom is 0.134 e. The predicted octanol–water partition coefficient (Wildman–Crippen LogP) is 1.60. The van der Waals surface area contributed by atoms with Gasteiger partial charge in [-0.05, 0) is 39.2 Å². The Morgan fingerprint density at radius 1 is 1.42 bits per heavy atom. The molecule has 2 nitrogen and oxygen atoms in total. The van der Waals surface area contributed by atoms with Gasteiger partial charge in [0, 0.05) is 12.0 Å². The Morgan fingerprint density at radius 3 is 2.58 bits per heavy atom. The molecule has 1 N–H and O–H groups in total. The molecule has 0 aromatic carbocycles. The normalized spacial score (nSPS) is 36.4. The van der Waals surface area contributed by atoms with E-state index in [1.54, 1.807) is 6.92 Å². The van der Waals surface area contributed by atoms with Crippen molar-refractivity contribution in [2.75, 3.05) is 7.05 Å². The number of hydrogen-bond donors (Lipinski definition) is 1. The maximum absolute atomic E-state index is 11.3. The van der Waals surface area contributed by atoms with Crippen LogP contribution in [0, 0.1) is 11.8 Å². The van der Waals surface area contributed by atoms with Crippen molar-refractivity contribution in [3.63, 3.8) is 0 Å². The number of hydrogen-bond acceptors (Lipinski definition) is 2. The van der Waals surface area contributed by atoms with Crippen LogP contribution >= 0.6 is 0 Å². The molecule has 70 valence electrons. The molecule has 0 unspecified atom stereocenters. The van der Waals surface area contributed by atoms with Gasteiger partial charge in [-0.15, -0.1) is 0 Å². The summed E-state index contributed by atoms with van der Waals surface area (Å²) in [5.74, 6) is 1.34. The molecule has 1 rings (SSSR count). The zero-order valence-corrected chi connectivity index (χ0v) is 8.26. The third-order valence-corrected chi connectivity index (χ3v) is 3.01. The number of carbonyl (C=O) groups excluding carboxylic acids is 1. The van der Waals surface area contributed by atoms with Gasteiger partial charge in [-0.25, -0.2) is 0 Å². The summed E-state index contributed by atoms with van der Waals surface area (Å²) in [6.07, 6.45) is 3.48. The molecule has 0 radical (unpaired) electrons. The zero-order valence-electron chi connectivity index (χ0n) is 8.26. The van der Waals surface area contributed by atoms with Crippen molar-refractivity contribution in [1.29, 1.82) is 0 Å². The minimum atomic E-state index is 0.263. The monoisotopic (exact) mass is 169 g/mol. The highest BCUT2D eigenvalue weighted by atomic mass is 16.1. The standard InChI is InChI=1S/C10H19NO/c1-7-4-5-10(11-3)9(6-7)8(2)12/h7,9-11H,4-6H2,1-3H3/t7-,9+,10-/m1/s1. The quantitative estimate of drug-likeness (QED) is 0.680. The summed E-state index contributed by atoms with van der Waals surface area (Å²) in [5, 5.41) is 3.24. The van der Waals surface area contributed by atoms with Gasteiger partial charge in [0.15, 0.2) is 0 Å². The van der Waals surface area contributed by atoms with Crippen LogP contribution in [0.2, 0.25) is 0 Å². The number of Topliss-reactive ketones (excluding diaryl/α,β-unsaturated/α-hetero) is 1. The number of ketones is 1. The first-order valence-electron chi connectivity index (χ1n) is 4.83. The molecule has 0 aromatic rings. The first-order chi connectivity index (χ1) is 5.65. The summed E-state index contributed by atoms with van der Waals surface area (Å²) in [7, 11) is 1.95. The summed E-state index contributed by atoms with van der Waals surface area (Å²) >= 11 is 0. The van der Waals surface area contributed by atoms with Crippen molar-refractivity contribution in [2.24, 2.45) is 11.8 Å². The topological polar surface area (TPSA) is 29.1 Å². The summed E-state index contributed by atoms with van der Waals surface area (Å²) < 4.78 is 0. The van der Waals surface area contributed by atoms with Gasteiger partial charge in [-0.2, -0.15) is 0 Å². The van der Waals surface area contributed by atoms with E-state index in [1.165, 1.54) is 6.42 Å². The van der Waals surface area contributed by atoms with E-state index in [0.717, 1.165) is 18.8 Å². The Kier molecular flexibility index (Phi) is 3.27. The summed E-state index contributed by atoms with van der Waals surface area (Å²) in [4.78, 5) is 11.3. The minimum absolute atomic E-state index is 0.263. The van der Waals surface area contributed by atoms with Gasteiger partial charge >= 0.3 is 0 Å². The summed E-state index contributed by atoms with van der Waals surface area (Å²) in [6, 6.07) is 0.429. The zero-order chi connectivity index (χ0) is 9.14. The van der Waals surface area contributed by atoms with Gasteiger partial charge < -0.3 is 5.32 Å². The first-order valence-corrected chi connectivity index (χ1v) is 4.83. The summed E-state index contributed by atoms with van der Waals surface area (Å²) in [6.45, 7) is 3.95. The van der Waals surface area contributed by atoms with Crippen molar-refractivity contribution < 1.29 is 4.79 Å². The average Bonchev–Trinajstić information content (AvgIpc) is 2.04. The fourth-order valence-electron chi connectivity index (χ4n) is 2.18. The Morgan fingerprint density at radius 2 is 2.08 bits per heavy atom. The Bertz CT molecular complexity index is 167. The molecular weight excluding hydrogens is 150 g/mol. The third-order valence-electron chi connectivity index (χ3n) is 3.01. The fourth-order valence-corrected chi connectivity index (χ4v) is 2.18. The van der Waals surface area contributed by atoms with Crippen molar-refractivity contribution in [3.8, 4) is 0 Å². The van der Waals surface area contributed by atoms with Gasteiger partial charge in [-0.3, -0.25) is 4.79 Å². The van der Waals surface area contributed by atoms with E-state index in [1.807, 2.05) is 7.05 Å². The molecule has 0 amide bonds. The van der Waals surface area contributed by atoms with Crippen LogP contribution in [-0.2, 0) is 4.79 Å². The van der Waals surface area contributed by atoms with Crippen LogP contribution in [0.4, 0.5) is 0 Å². The second kappa shape index (κ2) is 4.04. The minimum Gasteiger partial charge on any atom is -0.316 e. The van der Waals surface area contributed by atoms with Crippen LogP contribution in [0.15, 0.2) is 0 Å². The van der Waals surface area contributed by atoms with Crippen molar-refractivity contribution in [1.82, 2.24) is 5.32 Å². The molecule has 1 aliphatic rings. The van der Waals surface area contributed by atoms with Gasteiger partial charge in [-0.1, -0.05) is 6.92 Å². The molecule has 12 heavy (non-hydrogen) atoms. The largest absolute Gasteiger partial charge is 0.316 e. The van der Waals surface area contributed by atoms with Crippen LogP contribution in [0.3, 0.4) is 0 Å². The van der Waals surface area contributed by atoms with E-state index in [4.69, 9.17) is 0 Å². The maximum atomic E-state index is 11.3. The predicted molar refractivity (Wildman–Crippen MR) is 50.0 cm³/mol. The first kappa shape index (κ1) is 9.72. The molecule has 0 aromatic heterocycles. The third kappa shape index (κ3) is 2.07. The number of carbonyl (C=O) groups is 1. The molecule has 0 saturated heterocycles. The molecule has 2 heteroatoms. The Labute approximate surface area is 74.7 Å². The second-order valence-electron chi connectivity index (χ2n) is 4.03. The van der Waals surface area contributed by atoms with Crippen LogP contribution in [0.1, 0.15) is 33.1 Å². The smallest absolute Gasteiger partial charge is 0.134 e. The van der Waals surface area contributed by atoms with Crippen molar-refractivity contribution in [3.05, 3.63) is 0 Å². The van der Waals surface area contributed by atoms with E-state index in [-0.39, 0.29) is 5.92 Å². The molecular formula is C10H19NO. The molecule has 0 aliphatic heterocycles. The highest BCUT2D eigenvalue weighted by Crippen LogP contribution is 2.29. The van der Waals surface area contributed by atoms with Crippen molar-refractivity contribution >= 4 is 5.78 Å². The lowest BCUT2D eigenvalue weighted by molar-refractivity contribution is -0.122. The Balaban J connectivity index is 2.58.